The number of carbonyl (C=O) groups is 1. The Balaban J connectivity index is 2.75. The zero-order valence-corrected chi connectivity index (χ0v) is 13.3. The van der Waals surface area contributed by atoms with Crippen LogP contribution in [0.5, 0.6) is 5.75 Å². The zero-order chi connectivity index (χ0) is 14.6. The van der Waals surface area contributed by atoms with Crippen LogP contribution < -0.4 is 4.74 Å². The summed E-state index contributed by atoms with van der Waals surface area (Å²) in [5, 5.41) is 9.70. The second-order valence-electron chi connectivity index (χ2n) is 4.75. The van der Waals surface area contributed by atoms with Crippen LogP contribution in [0.15, 0.2) is 22.7 Å². The molecule has 1 N–H and O–H groups in total. The van der Waals surface area contributed by atoms with E-state index in [0.717, 1.165) is 4.47 Å². The van der Waals surface area contributed by atoms with E-state index in [1.54, 1.807) is 31.0 Å². The van der Waals surface area contributed by atoms with Gasteiger partial charge in [-0.3, -0.25) is 4.79 Å². The van der Waals surface area contributed by atoms with E-state index in [1.807, 2.05) is 19.9 Å². The van der Waals surface area contributed by atoms with Gasteiger partial charge in [-0.05, 0) is 39.0 Å². The molecule has 1 atom stereocenters. The van der Waals surface area contributed by atoms with E-state index in [1.165, 1.54) is 0 Å². The summed E-state index contributed by atoms with van der Waals surface area (Å²) in [6.07, 6.45) is -0.648. The Morgan fingerprint density at radius 1 is 1.42 bits per heavy atom. The van der Waals surface area contributed by atoms with Gasteiger partial charge >= 0.3 is 0 Å². The summed E-state index contributed by atoms with van der Waals surface area (Å²) < 4.78 is 6.38. The third-order valence-corrected chi connectivity index (χ3v) is 3.43. The lowest BCUT2D eigenvalue weighted by molar-refractivity contribution is -0.133. The van der Waals surface area contributed by atoms with Gasteiger partial charge in [0.25, 0.3) is 5.91 Å². The SMILES string of the molecule is CC(O)c1cc(Br)ccc1OCC(=O)N(C)C(C)C. The smallest absolute Gasteiger partial charge is 0.260 e. The number of likely N-dealkylation sites (N-methyl/N-ethyl adjacent to an activating group) is 1. The number of hydrogen-bond acceptors (Lipinski definition) is 3. The molecule has 1 rings (SSSR count). The van der Waals surface area contributed by atoms with Crippen LogP contribution in [0, 0.1) is 0 Å². The maximum absolute atomic E-state index is 11.8. The third-order valence-electron chi connectivity index (χ3n) is 2.94. The fourth-order valence-electron chi connectivity index (χ4n) is 1.51. The van der Waals surface area contributed by atoms with Gasteiger partial charge in [0, 0.05) is 23.1 Å². The minimum absolute atomic E-state index is 0.0317. The van der Waals surface area contributed by atoms with Gasteiger partial charge in [0.2, 0.25) is 0 Å². The highest BCUT2D eigenvalue weighted by Crippen LogP contribution is 2.28. The standard InChI is InChI=1S/C14H20BrNO3/c1-9(2)16(4)14(18)8-19-13-6-5-11(15)7-12(13)10(3)17/h5-7,9-10,17H,8H2,1-4H3. The monoisotopic (exact) mass is 329 g/mol. The molecule has 4 nitrogen and oxygen atoms in total. The fraction of sp³-hybridized carbons (Fsp3) is 0.500. The molecule has 0 fully saturated rings. The molecule has 1 aromatic carbocycles. The Labute approximate surface area is 122 Å². The van der Waals surface area contributed by atoms with E-state index < -0.39 is 6.10 Å². The van der Waals surface area contributed by atoms with Gasteiger partial charge in [0.15, 0.2) is 6.61 Å². The van der Waals surface area contributed by atoms with Gasteiger partial charge < -0.3 is 14.7 Å². The normalized spacial score (nSPS) is 12.4. The Morgan fingerprint density at radius 2 is 2.05 bits per heavy atom. The largest absolute Gasteiger partial charge is 0.483 e. The van der Waals surface area contributed by atoms with Gasteiger partial charge in [-0.25, -0.2) is 0 Å². The molecule has 0 aliphatic carbocycles. The van der Waals surface area contributed by atoms with Crippen molar-refractivity contribution in [3.63, 3.8) is 0 Å². The highest BCUT2D eigenvalue weighted by atomic mass is 79.9. The molecule has 19 heavy (non-hydrogen) atoms. The Hall–Kier alpha value is -1.07. The summed E-state index contributed by atoms with van der Waals surface area (Å²) >= 11 is 3.35. The van der Waals surface area contributed by atoms with Crippen molar-refractivity contribution in [1.29, 1.82) is 0 Å². The first-order chi connectivity index (χ1) is 8.82. The summed E-state index contributed by atoms with van der Waals surface area (Å²) in [4.78, 5) is 13.5. The molecule has 5 heteroatoms. The van der Waals surface area contributed by atoms with Crippen molar-refractivity contribution in [3.8, 4) is 5.75 Å². The number of hydrogen-bond donors (Lipinski definition) is 1. The average Bonchev–Trinajstić information content (AvgIpc) is 2.35. The molecule has 0 aliphatic heterocycles. The van der Waals surface area contributed by atoms with E-state index in [2.05, 4.69) is 15.9 Å². The summed E-state index contributed by atoms with van der Waals surface area (Å²) in [5.41, 5.74) is 0.661. The van der Waals surface area contributed by atoms with Crippen LogP contribution in [-0.2, 0) is 4.79 Å². The molecule has 1 amide bonds. The molecule has 0 spiro atoms. The molecule has 0 radical (unpaired) electrons. The van der Waals surface area contributed by atoms with Gasteiger partial charge in [0.05, 0.1) is 6.10 Å². The summed E-state index contributed by atoms with van der Waals surface area (Å²) in [6.45, 7) is 5.52. The quantitative estimate of drug-likeness (QED) is 0.903. The van der Waals surface area contributed by atoms with E-state index in [4.69, 9.17) is 4.74 Å². The van der Waals surface area contributed by atoms with Crippen molar-refractivity contribution in [2.45, 2.75) is 32.9 Å². The fourth-order valence-corrected chi connectivity index (χ4v) is 1.89. The number of benzene rings is 1. The molecule has 0 bridgehead atoms. The molecule has 0 aliphatic rings. The van der Waals surface area contributed by atoms with Gasteiger partial charge in [-0.2, -0.15) is 0 Å². The molecular weight excluding hydrogens is 310 g/mol. The van der Waals surface area contributed by atoms with Gasteiger partial charge in [-0.1, -0.05) is 15.9 Å². The van der Waals surface area contributed by atoms with E-state index in [0.29, 0.717) is 11.3 Å². The zero-order valence-electron chi connectivity index (χ0n) is 11.7. The van der Waals surface area contributed by atoms with Crippen molar-refractivity contribution >= 4 is 21.8 Å². The molecular formula is C14H20BrNO3. The predicted octanol–water partition coefficient (Wildman–Crippen LogP) is 2.75. The van der Waals surface area contributed by atoms with Crippen LogP contribution in [0.1, 0.15) is 32.4 Å². The average molecular weight is 330 g/mol. The lowest BCUT2D eigenvalue weighted by atomic mass is 10.1. The van der Waals surface area contributed by atoms with Crippen molar-refractivity contribution in [2.75, 3.05) is 13.7 Å². The molecule has 0 aromatic heterocycles. The molecule has 1 unspecified atom stereocenters. The maximum atomic E-state index is 11.8. The molecule has 0 saturated carbocycles. The lowest BCUT2D eigenvalue weighted by Crippen LogP contribution is -2.36. The first-order valence-corrected chi connectivity index (χ1v) is 6.98. The van der Waals surface area contributed by atoms with Crippen molar-refractivity contribution < 1.29 is 14.6 Å². The predicted molar refractivity (Wildman–Crippen MR) is 78.2 cm³/mol. The van der Waals surface area contributed by atoms with Crippen LogP contribution in [0.3, 0.4) is 0 Å². The molecule has 106 valence electrons. The van der Waals surface area contributed by atoms with Crippen molar-refractivity contribution in [1.82, 2.24) is 4.90 Å². The number of carbonyl (C=O) groups excluding carboxylic acids is 1. The van der Waals surface area contributed by atoms with Crippen molar-refractivity contribution in [2.24, 2.45) is 0 Å². The Kier molecular flexibility index (Phi) is 5.82. The number of aliphatic hydroxyl groups excluding tert-OH is 1. The maximum Gasteiger partial charge on any atom is 0.260 e. The van der Waals surface area contributed by atoms with E-state index >= 15 is 0 Å². The highest BCUT2D eigenvalue weighted by molar-refractivity contribution is 9.10. The minimum atomic E-state index is -0.648. The second-order valence-corrected chi connectivity index (χ2v) is 5.66. The third kappa shape index (κ3) is 4.51. The molecule has 0 saturated heterocycles. The first kappa shape index (κ1) is 16.0. The number of halogens is 1. The highest BCUT2D eigenvalue weighted by Gasteiger charge is 2.15. The summed E-state index contributed by atoms with van der Waals surface area (Å²) in [5.74, 6) is 0.443. The Morgan fingerprint density at radius 3 is 2.58 bits per heavy atom. The van der Waals surface area contributed by atoms with Gasteiger partial charge in [-0.15, -0.1) is 0 Å². The number of amides is 1. The number of rotatable bonds is 5. The van der Waals surface area contributed by atoms with E-state index in [9.17, 15) is 9.90 Å². The van der Waals surface area contributed by atoms with E-state index in [-0.39, 0.29) is 18.6 Å². The number of ether oxygens (including phenoxy) is 1. The van der Waals surface area contributed by atoms with Crippen LogP contribution in [0.25, 0.3) is 0 Å². The van der Waals surface area contributed by atoms with Crippen LogP contribution in [-0.4, -0.2) is 35.6 Å². The number of nitrogens with zero attached hydrogens (tertiary/aromatic N) is 1. The minimum Gasteiger partial charge on any atom is -0.483 e. The number of aliphatic hydroxyl groups is 1. The Bertz CT molecular complexity index is 446. The van der Waals surface area contributed by atoms with Crippen LogP contribution in [0.4, 0.5) is 0 Å². The van der Waals surface area contributed by atoms with Gasteiger partial charge in [0.1, 0.15) is 5.75 Å². The lowest BCUT2D eigenvalue weighted by Gasteiger charge is -2.22. The van der Waals surface area contributed by atoms with Crippen LogP contribution >= 0.6 is 15.9 Å². The molecule has 1 aromatic rings. The van der Waals surface area contributed by atoms with Crippen LogP contribution in [0.2, 0.25) is 0 Å². The van der Waals surface area contributed by atoms with Crippen molar-refractivity contribution in [3.05, 3.63) is 28.2 Å². The first-order valence-electron chi connectivity index (χ1n) is 6.19. The summed E-state index contributed by atoms with van der Waals surface area (Å²) in [6, 6.07) is 5.49. The summed E-state index contributed by atoms with van der Waals surface area (Å²) in [7, 11) is 1.74. The topological polar surface area (TPSA) is 49.8 Å². The second kappa shape index (κ2) is 6.91. The molecule has 0 heterocycles.